The van der Waals surface area contributed by atoms with Gasteiger partial charge in [0.1, 0.15) is 5.69 Å². The Labute approximate surface area is 133 Å². The van der Waals surface area contributed by atoms with Crippen molar-refractivity contribution in [1.82, 2.24) is 4.98 Å². The van der Waals surface area contributed by atoms with Crippen molar-refractivity contribution in [3.8, 4) is 0 Å². The maximum absolute atomic E-state index is 12.9. The standard InChI is InChI=1S/C18H15ClN2O/c1-11-8-12-4-2-3-5-17(12)21(11)18(22)16-10-13-9-14(19)6-7-15(13)20-16/h2-7,9-11,20H,8H2,1H3/t11-/m0/s1. The number of aromatic amines is 1. The van der Waals surface area contributed by atoms with Gasteiger partial charge in [-0.25, -0.2) is 0 Å². The molecule has 1 aliphatic heterocycles. The van der Waals surface area contributed by atoms with Crippen LogP contribution in [-0.2, 0) is 6.42 Å². The molecule has 1 aromatic heterocycles. The summed E-state index contributed by atoms with van der Waals surface area (Å²) in [6.07, 6.45) is 0.897. The number of hydrogen-bond acceptors (Lipinski definition) is 1. The second-order valence-corrected chi connectivity index (χ2v) is 6.21. The predicted molar refractivity (Wildman–Crippen MR) is 89.7 cm³/mol. The van der Waals surface area contributed by atoms with E-state index in [1.807, 2.05) is 47.4 Å². The zero-order chi connectivity index (χ0) is 15.3. The Kier molecular flexibility index (Phi) is 2.98. The molecule has 2 heterocycles. The van der Waals surface area contributed by atoms with E-state index in [1.54, 1.807) is 0 Å². The van der Waals surface area contributed by atoms with Crippen molar-refractivity contribution in [3.05, 3.63) is 64.8 Å². The highest BCUT2D eigenvalue weighted by molar-refractivity contribution is 6.31. The number of carbonyl (C=O) groups excluding carboxylic acids is 1. The third kappa shape index (κ3) is 2.01. The highest BCUT2D eigenvalue weighted by Gasteiger charge is 2.31. The molecule has 0 radical (unpaired) electrons. The molecule has 0 fully saturated rings. The van der Waals surface area contributed by atoms with Gasteiger partial charge in [-0.3, -0.25) is 4.79 Å². The minimum Gasteiger partial charge on any atom is -0.351 e. The number of benzene rings is 2. The van der Waals surface area contributed by atoms with Crippen LogP contribution in [0.15, 0.2) is 48.5 Å². The molecule has 2 aromatic carbocycles. The van der Waals surface area contributed by atoms with E-state index in [0.29, 0.717) is 10.7 Å². The summed E-state index contributed by atoms with van der Waals surface area (Å²) in [7, 11) is 0. The minimum atomic E-state index is 0.00442. The molecule has 0 saturated heterocycles. The summed E-state index contributed by atoms with van der Waals surface area (Å²) >= 11 is 6.02. The molecule has 1 amide bonds. The minimum absolute atomic E-state index is 0.00442. The Hall–Kier alpha value is -2.26. The Morgan fingerprint density at radius 3 is 2.91 bits per heavy atom. The molecule has 110 valence electrons. The first-order valence-corrected chi connectivity index (χ1v) is 7.71. The normalized spacial score (nSPS) is 17.0. The number of nitrogens with zero attached hydrogens (tertiary/aromatic N) is 1. The van der Waals surface area contributed by atoms with E-state index in [-0.39, 0.29) is 11.9 Å². The molecule has 1 aliphatic rings. The van der Waals surface area contributed by atoms with Gasteiger partial charge < -0.3 is 9.88 Å². The SMILES string of the molecule is C[C@H]1Cc2ccccc2N1C(=O)c1cc2cc(Cl)ccc2[nH]1. The van der Waals surface area contributed by atoms with Crippen LogP contribution in [0.4, 0.5) is 5.69 Å². The van der Waals surface area contributed by atoms with Crippen LogP contribution in [0, 0.1) is 0 Å². The number of para-hydroxylation sites is 1. The van der Waals surface area contributed by atoms with Crippen molar-refractivity contribution in [2.75, 3.05) is 4.90 Å². The number of rotatable bonds is 1. The van der Waals surface area contributed by atoms with Crippen molar-refractivity contribution >= 4 is 34.1 Å². The highest BCUT2D eigenvalue weighted by atomic mass is 35.5. The number of aromatic nitrogens is 1. The quantitative estimate of drug-likeness (QED) is 0.710. The van der Waals surface area contributed by atoms with Crippen molar-refractivity contribution in [2.45, 2.75) is 19.4 Å². The smallest absolute Gasteiger partial charge is 0.274 e. The van der Waals surface area contributed by atoms with E-state index in [4.69, 9.17) is 11.6 Å². The Bertz CT molecular complexity index is 884. The van der Waals surface area contributed by atoms with Crippen LogP contribution >= 0.6 is 11.6 Å². The summed E-state index contributed by atoms with van der Waals surface area (Å²) in [6.45, 7) is 2.08. The fourth-order valence-corrected chi connectivity index (χ4v) is 3.40. The van der Waals surface area contributed by atoms with Crippen molar-refractivity contribution in [1.29, 1.82) is 0 Å². The van der Waals surface area contributed by atoms with Gasteiger partial charge in [0, 0.05) is 27.7 Å². The molecule has 3 nitrogen and oxygen atoms in total. The molecule has 1 N–H and O–H groups in total. The lowest BCUT2D eigenvalue weighted by Gasteiger charge is -2.22. The molecule has 4 heteroatoms. The fourth-order valence-electron chi connectivity index (χ4n) is 3.22. The van der Waals surface area contributed by atoms with Gasteiger partial charge in [-0.2, -0.15) is 0 Å². The Morgan fingerprint density at radius 1 is 1.23 bits per heavy atom. The van der Waals surface area contributed by atoms with E-state index >= 15 is 0 Å². The highest BCUT2D eigenvalue weighted by Crippen LogP contribution is 2.33. The third-order valence-corrected chi connectivity index (χ3v) is 4.47. The third-order valence-electron chi connectivity index (χ3n) is 4.24. The van der Waals surface area contributed by atoms with Gasteiger partial charge in [0.25, 0.3) is 5.91 Å². The zero-order valence-corrected chi connectivity index (χ0v) is 12.9. The first kappa shape index (κ1) is 13.4. The van der Waals surface area contributed by atoms with Crippen molar-refractivity contribution in [3.63, 3.8) is 0 Å². The van der Waals surface area contributed by atoms with Gasteiger partial charge >= 0.3 is 0 Å². The van der Waals surface area contributed by atoms with E-state index in [9.17, 15) is 4.79 Å². The molecular formula is C18H15ClN2O. The largest absolute Gasteiger partial charge is 0.351 e. The number of amides is 1. The number of carbonyl (C=O) groups is 1. The lowest BCUT2D eigenvalue weighted by molar-refractivity contribution is 0.0977. The summed E-state index contributed by atoms with van der Waals surface area (Å²) < 4.78 is 0. The number of hydrogen-bond donors (Lipinski definition) is 1. The van der Waals surface area contributed by atoms with Crippen molar-refractivity contribution < 1.29 is 4.79 Å². The summed E-state index contributed by atoms with van der Waals surface area (Å²) in [5.74, 6) is 0.00442. The summed E-state index contributed by atoms with van der Waals surface area (Å²) in [4.78, 5) is 18.0. The van der Waals surface area contributed by atoms with Gasteiger partial charge in [0.2, 0.25) is 0 Å². The number of nitrogens with one attached hydrogen (secondary N) is 1. The molecular weight excluding hydrogens is 296 g/mol. The summed E-state index contributed by atoms with van der Waals surface area (Å²) in [6, 6.07) is 15.7. The van der Waals surface area contributed by atoms with Gasteiger partial charge in [0.05, 0.1) is 0 Å². The lowest BCUT2D eigenvalue weighted by Crippen LogP contribution is -2.35. The van der Waals surface area contributed by atoms with Crippen molar-refractivity contribution in [2.24, 2.45) is 0 Å². The molecule has 4 rings (SSSR count). The maximum atomic E-state index is 12.9. The second kappa shape index (κ2) is 4.89. The molecule has 0 unspecified atom stereocenters. The maximum Gasteiger partial charge on any atom is 0.274 e. The van der Waals surface area contributed by atoms with Crippen LogP contribution in [0.2, 0.25) is 5.02 Å². The molecule has 1 atom stereocenters. The predicted octanol–water partition coefficient (Wildman–Crippen LogP) is 4.41. The van der Waals surface area contributed by atoms with Crippen LogP contribution in [0.1, 0.15) is 23.0 Å². The molecule has 0 spiro atoms. The number of H-pyrrole nitrogens is 1. The van der Waals surface area contributed by atoms with E-state index < -0.39 is 0 Å². The van der Waals surface area contributed by atoms with Crippen LogP contribution in [0.3, 0.4) is 0 Å². The van der Waals surface area contributed by atoms with E-state index in [0.717, 1.165) is 23.0 Å². The summed E-state index contributed by atoms with van der Waals surface area (Å²) in [5.41, 5.74) is 3.76. The average molecular weight is 311 g/mol. The van der Waals surface area contributed by atoms with Gasteiger partial charge in [-0.1, -0.05) is 29.8 Å². The van der Waals surface area contributed by atoms with E-state index in [2.05, 4.69) is 18.0 Å². The first-order valence-electron chi connectivity index (χ1n) is 7.33. The fraction of sp³-hybridized carbons (Fsp3) is 0.167. The Morgan fingerprint density at radius 2 is 2.05 bits per heavy atom. The van der Waals surface area contributed by atoms with Crippen LogP contribution in [0.25, 0.3) is 10.9 Å². The molecule has 3 aromatic rings. The average Bonchev–Trinajstić information content (AvgIpc) is 3.06. The molecule has 0 aliphatic carbocycles. The second-order valence-electron chi connectivity index (χ2n) is 5.77. The van der Waals surface area contributed by atoms with E-state index in [1.165, 1.54) is 5.56 Å². The Balaban J connectivity index is 1.77. The zero-order valence-electron chi connectivity index (χ0n) is 12.1. The first-order chi connectivity index (χ1) is 10.6. The van der Waals surface area contributed by atoms with Gasteiger partial charge in [0.15, 0.2) is 0 Å². The van der Waals surface area contributed by atoms with Crippen LogP contribution < -0.4 is 4.90 Å². The lowest BCUT2D eigenvalue weighted by atomic mass is 10.1. The van der Waals surface area contributed by atoms with Gasteiger partial charge in [-0.05, 0) is 49.2 Å². The number of fused-ring (bicyclic) bond motifs is 2. The molecule has 0 bridgehead atoms. The number of halogens is 1. The number of anilines is 1. The topological polar surface area (TPSA) is 36.1 Å². The molecule has 0 saturated carbocycles. The molecule has 22 heavy (non-hydrogen) atoms. The monoisotopic (exact) mass is 310 g/mol. The van der Waals surface area contributed by atoms with Crippen LogP contribution in [0.5, 0.6) is 0 Å². The summed E-state index contributed by atoms with van der Waals surface area (Å²) in [5, 5.41) is 1.63. The van der Waals surface area contributed by atoms with Gasteiger partial charge in [-0.15, -0.1) is 0 Å². The van der Waals surface area contributed by atoms with Crippen LogP contribution in [-0.4, -0.2) is 16.9 Å².